The summed E-state index contributed by atoms with van der Waals surface area (Å²) in [6.45, 7) is 8.27. The van der Waals surface area contributed by atoms with E-state index in [-0.39, 0.29) is 6.04 Å². The molecule has 0 spiro atoms. The predicted octanol–water partition coefficient (Wildman–Crippen LogP) is 4.12. The highest BCUT2D eigenvalue weighted by molar-refractivity contribution is 9.10. The second-order valence-corrected chi connectivity index (χ2v) is 6.19. The summed E-state index contributed by atoms with van der Waals surface area (Å²) in [6, 6.07) is 2.39. The van der Waals surface area contributed by atoms with Gasteiger partial charge in [0.2, 0.25) is 0 Å². The van der Waals surface area contributed by atoms with E-state index in [2.05, 4.69) is 68.6 Å². The van der Waals surface area contributed by atoms with E-state index >= 15 is 0 Å². The quantitative estimate of drug-likeness (QED) is 0.856. The molecule has 0 bridgehead atoms. The summed E-state index contributed by atoms with van der Waals surface area (Å²) >= 11 is 5.38. The number of hydrogen-bond donors (Lipinski definition) is 1. The third-order valence-electron chi connectivity index (χ3n) is 3.08. The van der Waals surface area contributed by atoms with Crippen molar-refractivity contribution in [1.29, 1.82) is 0 Å². The van der Waals surface area contributed by atoms with Crippen molar-refractivity contribution in [2.75, 3.05) is 6.54 Å². The molecule has 1 unspecified atom stereocenters. The van der Waals surface area contributed by atoms with Gasteiger partial charge in [-0.3, -0.25) is 4.68 Å². The zero-order valence-electron chi connectivity index (χ0n) is 11.6. The van der Waals surface area contributed by atoms with Crippen LogP contribution in [0.5, 0.6) is 0 Å². The molecule has 0 saturated carbocycles. The molecule has 3 nitrogen and oxygen atoms in total. The van der Waals surface area contributed by atoms with E-state index in [1.54, 1.807) is 11.3 Å². The van der Waals surface area contributed by atoms with Crippen LogP contribution in [-0.4, -0.2) is 16.3 Å². The molecule has 0 fully saturated rings. The summed E-state index contributed by atoms with van der Waals surface area (Å²) in [4.78, 5) is 0. The number of halogens is 1. The SMILES string of the molecule is CCCNC(c1cscc1Br)c1cc(C)nn1CC. The third kappa shape index (κ3) is 3.27. The highest BCUT2D eigenvalue weighted by atomic mass is 79.9. The molecule has 0 aliphatic rings. The summed E-state index contributed by atoms with van der Waals surface area (Å²) in [7, 11) is 0. The fourth-order valence-electron chi connectivity index (χ4n) is 2.21. The molecule has 2 aromatic heterocycles. The highest BCUT2D eigenvalue weighted by Crippen LogP contribution is 2.32. The highest BCUT2D eigenvalue weighted by Gasteiger charge is 2.21. The van der Waals surface area contributed by atoms with Crippen LogP contribution in [0.15, 0.2) is 21.3 Å². The lowest BCUT2D eigenvalue weighted by Gasteiger charge is -2.19. The molecule has 2 aromatic rings. The minimum atomic E-state index is 0.210. The Kier molecular flexibility index (Phi) is 5.19. The molecule has 0 aliphatic heterocycles. The molecule has 0 radical (unpaired) electrons. The van der Waals surface area contributed by atoms with Crippen LogP contribution >= 0.6 is 27.3 Å². The molecule has 2 heterocycles. The normalized spacial score (nSPS) is 12.8. The fourth-order valence-corrected chi connectivity index (χ4v) is 3.76. The van der Waals surface area contributed by atoms with Crippen LogP contribution in [0.1, 0.15) is 43.3 Å². The van der Waals surface area contributed by atoms with Crippen LogP contribution in [0, 0.1) is 6.92 Å². The first-order valence-corrected chi connectivity index (χ1v) is 8.40. The summed E-state index contributed by atoms with van der Waals surface area (Å²) in [6.07, 6.45) is 1.12. The van der Waals surface area contributed by atoms with E-state index in [4.69, 9.17) is 0 Å². The second kappa shape index (κ2) is 6.68. The van der Waals surface area contributed by atoms with Gasteiger partial charge in [0.25, 0.3) is 0 Å². The Morgan fingerprint density at radius 1 is 1.42 bits per heavy atom. The average molecular weight is 342 g/mol. The Balaban J connectivity index is 2.39. The Labute approximate surface area is 127 Å². The lowest BCUT2D eigenvalue weighted by Crippen LogP contribution is -2.25. The van der Waals surface area contributed by atoms with Crippen molar-refractivity contribution in [2.45, 2.75) is 39.8 Å². The zero-order valence-corrected chi connectivity index (χ0v) is 14.0. The van der Waals surface area contributed by atoms with E-state index < -0.39 is 0 Å². The van der Waals surface area contributed by atoms with Crippen molar-refractivity contribution in [3.8, 4) is 0 Å². The maximum atomic E-state index is 4.56. The number of nitrogens with zero attached hydrogens (tertiary/aromatic N) is 2. The van der Waals surface area contributed by atoms with E-state index in [9.17, 15) is 0 Å². The monoisotopic (exact) mass is 341 g/mol. The molecule has 1 atom stereocenters. The Hall–Kier alpha value is -0.650. The Morgan fingerprint density at radius 2 is 2.21 bits per heavy atom. The molecule has 0 saturated heterocycles. The van der Waals surface area contributed by atoms with Gasteiger partial charge in [-0.05, 0) is 59.8 Å². The number of hydrogen-bond acceptors (Lipinski definition) is 3. The van der Waals surface area contributed by atoms with Crippen LogP contribution in [0.2, 0.25) is 0 Å². The van der Waals surface area contributed by atoms with Gasteiger partial charge in [0, 0.05) is 16.4 Å². The average Bonchev–Trinajstić information content (AvgIpc) is 2.97. The van der Waals surface area contributed by atoms with Crippen molar-refractivity contribution in [2.24, 2.45) is 0 Å². The van der Waals surface area contributed by atoms with Gasteiger partial charge in [0.05, 0.1) is 17.4 Å². The van der Waals surface area contributed by atoms with E-state index in [1.807, 2.05) is 0 Å². The smallest absolute Gasteiger partial charge is 0.0767 e. The lowest BCUT2D eigenvalue weighted by molar-refractivity contribution is 0.528. The van der Waals surface area contributed by atoms with Crippen molar-refractivity contribution < 1.29 is 0 Å². The van der Waals surface area contributed by atoms with Crippen LogP contribution < -0.4 is 5.32 Å². The first-order chi connectivity index (χ1) is 9.17. The van der Waals surface area contributed by atoms with E-state index in [1.165, 1.54) is 15.7 Å². The van der Waals surface area contributed by atoms with Crippen LogP contribution in [0.3, 0.4) is 0 Å². The number of rotatable bonds is 6. The van der Waals surface area contributed by atoms with Gasteiger partial charge < -0.3 is 5.32 Å². The second-order valence-electron chi connectivity index (χ2n) is 4.59. The first-order valence-electron chi connectivity index (χ1n) is 6.66. The zero-order chi connectivity index (χ0) is 13.8. The minimum absolute atomic E-state index is 0.210. The lowest BCUT2D eigenvalue weighted by atomic mass is 10.1. The summed E-state index contributed by atoms with van der Waals surface area (Å²) in [5, 5.41) is 12.5. The van der Waals surface area contributed by atoms with Crippen molar-refractivity contribution >= 4 is 27.3 Å². The van der Waals surface area contributed by atoms with Gasteiger partial charge in [0.1, 0.15) is 0 Å². The van der Waals surface area contributed by atoms with Crippen molar-refractivity contribution in [3.05, 3.63) is 38.3 Å². The first kappa shape index (κ1) is 14.8. The number of aryl methyl sites for hydroxylation is 2. The standard InChI is InChI=1S/C14H20BrN3S/c1-4-6-16-14(11-8-19-9-12(11)15)13-7-10(3)17-18(13)5-2/h7-9,14,16H,4-6H2,1-3H3. The van der Waals surface area contributed by atoms with E-state index in [0.29, 0.717) is 0 Å². The molecule has 5 heteroatoms. The number of thiophene rings is 1. The molecule has 19 heavy (non-hydrogen) atoms. The van der Waals surface area contributed by atoms with Gasteiger partial charge in [-0.25, -0.2) is 0 Å². The number of nitrogens with one attached hydrogen (secondary N) is 1. The molecular weight excluding hydrogens is 322 g/mol. The van der Waals surface area contributed by atoms with Gasteiger partial charge >= 0.3 is 0 Å². The maximum Gasteiger partial charge on any atom is 0.0767 e. The molecule has 0 aliphatic carbocycles. The summed E-state index contributed by atoms with van der Waals surface area (Å²) in [5.41, 5.74) is 3.62. The van der Waals surface area contributed by atoms with Crippen LogP contribution in [0.25, 0.3) is 0 Å². The van der Waals surface area contributed by atoms with Gasteiger partial charge in [-0.1, -0.05) is 6.92 Å². The summed E-state index contributed by atoms with van der Waals surface area (Å²) < 4.78 is 3.26. The molecule has 0 aromatic carbocycles. The number of aromatic nitrogens is 2. The van der Waals surface area contributed by atoms with Gasteiger partial charge in [-0.15, -0.1) is 0 Å². The van der Waals surface area contributed by atoms with Crippen LogP contribution in [0.4, 0.5) is 0 Å². The Morgan fingerprint density at radius 3 is 2.79 bits per heavy atom. The van der Waals surface area contributed by atoms with Crippen LogP contribution in [-0.2, 0) is 6.54 Å². The molecule has 104 valence electrons. The fraction of sp³-hybridized carbons (Fsp3) is 0.500. The molecular formula is C14H20BrN3S. The third-order valence-corrected chi connectivity index (χ3v) is 4.83. The topological polar surface area (TPSA) is 29.9 Å². The van der Waals surface area contributed by atoms with Crippen molar-refractivity contribution in [1.82, 2.24) is 15.1 Å². The molecule has 2 rings (SSSR count). The predicted molar refractivity (Wildman–Crippen MR) is 84.8 cm³/mol. The molecule has 1 N–H and O–H groups in total. The van der Waals surface area contributed by atoms with Gasteiger partial charge in [-0.2, -0.15) is 16.4 Å². The minimum Gasteiger partial charge on any atom is -0.305 e. The largest absolute Gasteiger partial charge is 0.305 e. The maximum absolute atomic E-state index is 4.56. The molecule has 0 amide bonds. The Bertz CT molecular complexity index is 533. The summed E-state index contributed by atoms with van der Waals surface area (Å²) in [5.74, 6) is 0. The van der Waals surface area contributed by atoms with Gasteiger partial charge in [0.15, 0.2) is 0 Å². The van der Waals surface area contributed by atoms with Crippen molar-refractivity contribution in [3.63, 3.8) is 0 Å². The van der Waals surface area contributed by atoms with E-state index in [0.717, 1.165) is 25.2 Å².